The predicted octanol–water partition coefficient (Wildman–Crippen LogP) is 3.64. The second-order valence-electron chi connectivity index (χ2n) is 4.97. The lowest BCUT2D eigenvalue weighted by atomic mass is 10.1. The highest BCUT2D eigenvalue weighted by atomic mass is 35.5. The molecule has 2 rings (SSSR count). The predicted molar refractivity (Wildman–Crippen MR) is 85.5 cm³/mol. The van der Waals surface area contributed by atoms with Crippen LogP contribution in [-0.2, 0) is 4.79 Å². The maximum atomic E-state index is 11.8. The molecule has 6 heteroatoms. The van der Waals surface area contributed by atoms with Gasteiger partial charge in [-0.3, -0.25) is 0 Å². The number of rotatable bonds is 5. The maximum Gasteiger partial charge on any atom is 0.349 e. The molecule has 1 N–H and O–H groups in total. The molecule has 0 amide bonds. The number of halogens is 1. The highest BCUT2D eigenvalue weighted by molar-refractivity contribution is 6.32. The topological polar surface area (TPSA) is 72.8 Å². The molecule has 2 aromatic rings. The fourth-order valence-corrected chi connectivity index (χ4v) is 2.09. The lowest BCUT2D eigenvalue weighted by Gasteiger charge is -2.10. The first kappa shape index (κ1) is 16.8. The normalized spacial score (nSPS) is 10.2. The average Bonchev–Trinajstić information content (AvgIpc) is 2.50. The maximum absolute atomic E-state index is 11.8. The lowest BCUT2D eigenvalue weighted by molar-refractivity contribution is -0.136. The molecule has 0 unspecified atom stereocenters. The molecule has 0 aliphatic rings. The molecule has 5 nitrogen and oxygen atoms in total. The first-order valence-corrected chi connectivity index (χ1v) is 7.18. The van der Waals surface area contributed by atoms with E-state index < -0.39 is 11.9 Å². The van der Waals surface area contributed by atoms with E-state index in [0.29, 0.717) is 10.8 Å². The van der Waals surface area contributed by atoms with Crippen LogP contribution in [0, 0.1) is 13.8 Å². The Bertz CT molecular complexity index is 731. The van der Waals surface area contributed by atoms with Gasteiger partial charge in [-0.1, -0.05) is 17.7 Å². The van der Waals surface area contributed by atoms with Gasteiger partial charge in [0.25, 0.3) is 0 Å². The molecular weight excluding hydrogens is 320 g/mol. The third-order valence-corrected chi connectivity index (χ3v) is 3.68. The number of carboxylic acids is 1. The number of benzene rings is 2. The summed E-state index contributed by atoms with van der Waals surface area (Å²) in [7, 11) is 0. The van der Waals surface area contributed by atoms with E-state index in [1.807, 2.05) is 13.8 Å². The minimum Gasteiger partial charge on any atom is -0.482 e. The molecule has 0 aromatic heterocycles. The summed E-state index contributed by atoms with van der Waals surface area (Å²) < 4.78 is 10.4. The van der Waals surface area contributed by atoms with Crippen molar-refractivity contribution in [2.75, 3.05) is 6.61 Å². The summed E-state index contributed by atoms with van der Waals surface area (Å²) in [5, 5.41) is 9.55. The zero-order valence-corrected chi connectivity index (χ0v) is 13.4. The quantitative estimate of drug-likeness (QED) is 0.667. The molecule has 23 heavy (non-hydrogen) atoms. The Balaban J connectivity index is 1.98. The fourth-order valence-electron chi connectivity index (χ4n) is 1.99. The zero-order chi connectivity index (χ0) is 17.0. The van der Waals surface area contributed by atoms with Crippen molar-refractivity contribution in [3.05, 3.63) is 58.1 Å². The van der Waals surface area contributed by atoms with Crippen molar-refractivity contribution in [3.8, 4) is 11.5 Å². The van der Waals surface area contributed by atoms with Crippen molar-refractivity contribution in [2.24, 2.45) is 0 Å². The Morgan fingerprint density at radius 2 is 1.74 bits per heavy atom. The van der Waals surface area contributed by atoms with Gasteiger partial charge < -0.3 is 14.6 Å². The van der Waals surface area contributed by atoms with Crippen molar-refractivity contribution in [1.29, 1.82) is 0 Å². The summed E-state index contributed by atoms with van der Waals surface area (Å²) in [5.74, 6) is -1.05. The number of aryl methyl sites for hydroxylation is 2. The third-order valence-electron chi connectivity index (χ3n) is 3.08. The molecule has 0 atom stereocenters. The van der Waals surface area contributed by atoms with E-state index in [4.69, 9.17) is 26.2 Å². The second kappa shape index (κ2) is 7.15. The monoisotopic (exact) mass is 334 g/mol. The number of ether oxygens (including phenoxy) is 2. The van der Waals surface area contributed by atoms with Crippen LogP contribution < -0.4 is 9.47 Å². The largest absolute Gasteiger partial charge is 0.482 e. The second-order valence-corrected chi connectivity index (χ2v) is 5.34. The zero-order valence-electron chi connectivity index (χ0n) is 12.6. The van der Waals surface area contributed by atoms with Gasteiger partial charge in [-0.05, 0) is 55.3 Å². The minimum absolute atomic E-state index is 0.0418. The molecule has 0 saturated heterocycles. The standard InChI is InChI=1S/C17H15ClO5/c1-10-6-14(7-11(2)16(10)18)22-9-15(19)23-13-5-3-4-12(8-13)17(20)21/h3-8H,9H2,1-2H3,(H,20,21). The number of hydrogen-bond acceptors (Lipinski definition) is 4. The van der Waals surface area contributed by atoms with Gasteiger partial charge in [0.2, 0.25) is 0 Å². The van der Waals surface area contributed by atoms with Crippen molar-refractivity contribution >= 4 is 23.5 Å². The van der Waals surface area contributed by atoms with E-state index in [1.165, 1.54) is 24.3 Å². The Labute approximate surface area is 138 Å². The number of esters is 1. The smallest absolute Gasteiger partial charge is 0.349 e. The van der Waals surface area contributed by atoms with Crippen LogP contribution in [0.3, 0.4) is 0 Å². The number of carboxylic acid groups (broad SMARTS) is 1. The minimum atomic E-state index is -1.09. The van der Waals surface area contributed by atoms with E-state index in [-0.39, 0.29) is 17.9 Å². The van der Waals surface area contributed by atoms with Gasteiger partial charge in [0.05, 0.1) is 5.56 Å². The van der Waals surface area contributed by atoms with Crippen molar-refractivity contribution in [2.45, 2.75) is 13.8 Å². The summed E-state index contributed by atoms with van der Waals surface area (Å²) in [4.78, 5) is 22.6. The highest BCUT2D eigenvalue weighted by Gasteiger charge is 2.10. The van der Waals surface area contributed by atoms with Crippen LogP contribution in [0.15, 0.2) is 36.4 Å². The van der Waals surface area contributed by atoms with Gasteiger partial charge in [0.15, 0.2) is 6.61 Å². The van der Waals surface area contributed by atoms with Crippen molar-refractivity contribution in [3.63, 3.8) is 0 Å². The molecule has 0 spiro atoms. The molecule has 0 radical (unpaired) electrons. The van der Waals surface area contributed by atoms with Gasteiger partial charge >= 0.3 is 11.9 Å². The van der Waals surface area contributed by atoms with Crippen LogP contribution >= 0.6 is 11.6 Å². The Kier molecular flexibility index (Phi) is 5.24. The van der Waals surface area contributed by atoms with Crippen molar-refractivity contribution < 1.29 is 24.2 Å². The van der Waals surface area contributed by atoms with Crippen LogP contribution in [0.4, 0.5) is 0 Å². The SMILES string of the molecule is Cc1cc(OCC(=O)Oc2cccc(C(=O)O)c2)cc(C)c1Cl. The van der Waals surface area contributed by atoms with E-state index in [9.17, 15) is 9.59 Å². The first-order chi connectivity index (χ1) is 10.9. The summed E-state index contributed by atoms with van der Waals surface area (Å²) in [6, 6.07) is 9.15. The highest BCUT2D eigenvalue weighted by Crippen LogP contribution is 2.25. The van der Waals surface area contributed by atoms with E-state index in [1.54, 1.807) is 12.1 Å². The Hall–Kier alpha value is -2.53. The number of aromatic carboxylic acids is 1. The van der Waals surface area contributed by atoms with Gasteiger partial charge in [-0.2, -0.15) is 0 Å². The van der Waals surface area contributed by atoms with Gasteiger partial charge in [-0.25, -0.2) is 9.59 Å². The third kappa shape index (κ3) is 4.47. The number of carbonyl (C=O) groups is 2. The molecule has 0 aliphatic heterocycles. The van der Waals surface area contributed by atoms with Crippen molar-refractivity contribution in [1.82, 2.24) is 0 Å². The summed E-state index contributed by atoms with van der Waals surface area (Å²) in [6.07, 6.45) is 0. The van der Waals surface area contributed by atoms with E-state index >= 15 is 0 Å². The van der Waals surface area contributed by atoms with Crippen LogP contribution in [-0.4, -0.2) is 23.7 Å². The number of carbonyl (C=O) groups excluding carboxylic acids is 1. The van der Waals surface area contributed by atoms with Gasteiger partial charge in [0, 0.05) is 5.02 Å². The van der Waals surface area contributed by atoms with E-state index in [2.05, 4.69) is 0 Å². The Morgan fingerprint density at radius 3 is 2.35 bits per heavy atom. The van der Waals surface area contributed by atoms with Crippen LogP contribution in [0.1, 0.15) is 21.5 Å². The fraction of sp³-hybridized carbons (Fsp3) is 0.176. The Morgan fingerprint density at radius 1 is 1.09 bits per heavy atom. The van der Waals surface area contributed by atoms with Crippen LogP contribution in [0.25, 0.3) is 0 Å². The molecule has 120 valence electrons. The number of hydrogen-bond donors (Lipinski definition) is 1. The lowest BCUT2D eigenvalue weighted by Crippen LogP contribution is -2.18. The molecule has 2 aromatic carbocycles. The van der Waals surface area contributed by atoms with Gasteiger partial charge in [0.1, 0.15) is 11.5 Å². The molecule has 0 fully saturated rings. The van der Waals surface area contributed by atoms with E-state index in [0.717, 1.165) is 11.1 Å². The summed E-state index contributed by atoms with van der Waals surface area (Å²) in [6.45, 7) is 3.40. The van der Waals surface area contributed by atoms with Gasteiger partial charge in [-0.15, -0.1) is 0 Å². The molecule has 0 bridgehead atoms. The average molecular weight is 335 g/mol. The summed E-state index contributed by atoms with van der Waals surface area (Å²) >= 11 is 6.06. The molecule has 0 heterocycles. The first-order valence-electron chi connectivity index (χ1n) is 6.80. The molecular formula is C17H15ClO5. The van der Waals surface area contributed by atoms with Crippen LogP contribution in [0.2, 0.25) is 5.02 Å². The molecule has 0 aliphatic carbocycles. The van der Waals surface area contributed by atoms with Crippen LogP contribution in [0.5, 0.6) is 11.5 Å². The molecule has 0 saturated carbocycles. The summed E-state index contributed by atoms with van der Waals surface area (Å²) in [5.41, 5.74) is 1.74.